The van der Waals surface area contributed by atoms with E-state index in [2.05, 4.69) is 14.4 Å². The Labute approximate surface area is 211 Å². The lowest BCUT2D eigenvalue weighted by molar-refractivity contribution is 0.0230. The van der Waals surface area contributed by atoms with Gasteiger partial charge in [0, 0.05) is 30.1 Å². The number of sulfonamides is 1. The number of rotatable bonds is 6. The number of quaternary nitrogens is 1. The van der Waals surface area contributed by atoms with Gasteiger partial charge < -0.3 is 9.47 Å². The fourth-order valence-corrected chi connectivity index (χ4v) is 5.59. The van der Waals surface area contributed by atoms with Crippen molar-refractivity contribution in [1.29, 1.82) is 0 Å². The van der Waals surface area contributed by atoms with Crippen molar-refractivity contribution < 1.29 is 27.5 Å². The van der Waals surface area contributed by atoms with Crippen LogP contribution in [0.15, 0.2) is 42.6 Å². The summed E-state index contributed by atoms with van der Waals surface area (Å²) >= 11 is 6.20. The third-order valence-corrected chi connectivity index (χ3v) is 7.98. The minimum absolute atomic E-state index is 0.0132. The number of hydrogen-bond donors (Lipinski definition) is 1. The van der Waals surface area contributed by atoms with Gasteiger partial charge in [-0.15, -0.1) is 0 Å². The molecule has 0 spiro atoms. The van der Waals surface area contributed by atoms with Crippen molar-refractivity contribution in [3.8, 4) is 0 Å². The number of piperidine rings is 1. The summed E-state index contributed by atoms with van der Waals surface area (Å²) in [6.45, 7) is 5.89. The number of aromatic nitrogens is 1. The molecule has 0 radical (unpaired) electrons. The van der Waals surface area contributed by atoms with E-state index in [1.165, 1.54) is 19.4 Å². The summed E-state index contributed by atoms with van der Waals surface area (Å²) < 4.78 is 38.9. The van der Waals surface area contributed by atoms with E-state index in [1.807, 2.05) is 6.07 Å². The van der Waals surface area contributed by atoms with E-state index >= 15 is 0 Å². The molecule has 190 valence electrons. The highest BCUT2D eigenvalue weighted by Gasteiger charge is 2.48. The van der Waals surface area contributed by atoms with Crippen LogP contribution in [0.3, 0.4) is 0 Å². The maximum absolute atomic E-state index is 13.3. The van der Waals surface area contributed by atoms with Crippen LogP contribution in [-0.2, 0) is 26.0 Å². The molecule has 2 aromatic rings. The number of likely N-dealkylation sites (tertiary alicyclic amines) is 1. The third kappa shape index (κ3) is 6.58. The van der Waals surface area contributed by atoms with Crippen LogP contribution in [0.25, 0.3) is 0 Å². The van der Waals surface area contributed by atoms with E-state index in [0.29, 0.717) is 16.4 Å². The molecular weight excluding hydrogens is 494 g/mol. The van der Waals surface area contributed by atoms with Gasteiger partial charge in [0.25, 0.3) is 0 Å². The number of methoxy groups -OCH3 is 1. The lowest BCUT2D eigenvalue weighted by Crippen LogP contribution is -2.61. The molecule has 0 saturated carbocycles. The molecule has 0 bridgehead atoms. The summed E-state index contributed by atoms with van der Waals surface area (Å²) in [6, 6.07) is 10.1. The second kappa shape index (κ2) is 10.6. The van der Waals surface area contributed by atoms with Crippen LogP contribution in [0.5, 0.6) is 0 Å². The van der Waals surface area contributed by atoms with Crippen LogP contribution in [0, 0.1) is 0 Å². The molecule has 3 rings (SSSR count). The van der Waals surface area contributed by atoms with Gasteiger partial charge in [-0.3, -0.25) is 4.98 Å². The summed E-state index contributed by atoms with van der Waals surface area (Å²) in [7, 11) is -2.41. The van der Waals surface area contributed by atoms with E-state index in [9.17, 15) is 18.0 Å². The Hall–Kier alpha value is -2.53. The van der Waals surface area contributed by atoms with Crippen molar-refractivity contribution in [3.05, 3.63) is 58.9 Å². The van der Waals surface area contributed by atoms with E-state index < -0.39 is 32.9 Å². The number of hydrogen-bond acceptors (Lipinski definition) is 7. The second-order valence-corrected chi connectivity index (χ2v) is 12.0. The summed E-state index contributed by atoms with van der Waals surface area (Å²) in [5.41, 5.74) is 0.728. The quantitative estimate of drug-likeness (QED) is 0.448. The average Bonchev–Trinajstić information content (AvgIpc) is 2.81. The molecule has 9 nitrogen and oxygen atoms in total. The number of amides is 1. The molecule has 1 aromatic carbocycles. The monoisotopic (exact) mass is 524 g/mol. The fraction of sp³-hybridized carbons (Fsp3) is 0.458. The number of nitrogens with one attached hydrogen (secondary N) is 1. The molecule has 0 atom stereocenters. The number of benzene rings is 1. The van der Waals surface area contributed by atoms with Crippen molar-refractivity contribution in [2.24, 2.45) is 0 Å². The van der Waals surface area contributed by atoms with Crippen molar-refractivity contribution in [1.82, 2.24) is 14.2 Å². The predicted molar refractivity (Wildman–Crippen MR) is 134 cm³/mol. The van der Waals surface area contributed by atoms with Crippen LogP contribution < -0.4 is 9.21 Å². The molecule has 1 N–H and O–H groups in total. The van der Waals surface area contributed by atoms with Gasteiger partial charge in [0.1, 0.15) is 11.3 Å². The summed E-state index contributed by atoms with van der Waals surface area (Å²) in [4.78, 5) is 29.0. The zero-order valence-corrected chi connectivity index (χ0v) is 21.9. The van der Waals surface area contributed by atoms with E-state index in [0.717, 1.165) is 0 Å². The summed E-state index contributed by atoms with van der Waals surface area (Å²) in [5.74, 6) is -0.516. The lowest BCUT2D eigenvalue weighted by Gasteiger charge is -2.40. The number of ether oxygens (including phenoxy) is 2. The number of carbonyl (C=O) groups excluding carboxylic acids is 2. The first-order valence-corrected chi connectivity index (χ1v) is 13.2. The molecule has 1 amide bonds. The highest BCUT2D eigenvalue weighted by atomic mass is 35.5. The van der Waals surface area contributed by atoms with Gasteiger partial charge in [0.2, 0.25) is 10.0 Å². The molecular formula is C24H31ClN3O6S+. The first-order chi connectivity index (χ1) is 16.4. The molecule has 2 heterocycles. The fourth-order valence-electron chi connectivity index (χ4n) is 3.99. The molecule has 0 unspecified atom stereocenters. The second-order valence-electron chi connectivity index (χ2n) is 9.47. The summed E-state index contributed by atoms with van der Waals surface area (Å²) in [6.07, 6.45) is 1.43. The van der Waals surface area contributed by atoms with E-state index in [1.54, 1.807) is 45.0 Å². The Bertz CT molecular complexity index is 1170. The average molecular weight is 525 g/mol. The zero-order chi connectivity index (χ0) is 25.9. The first kappa shape index (κ1) is 27.1. The molecule has 1 saturated heterocycles. The van der Waals surface area contributed by atoms with Gasteiger partial charge in [-0.2, -0.15) is 9.28 Å². The van der Waals surface area contributed by atoms with Gasteiger partial charge in [-0.05, 0) is 45.0 Å². The van der Waals surface area contributed by atoms with Gasteiger partial charge in [-0.1, -0.05) is 17.7 Å². The minimum atomic E-state index is -3.68. The van der Waals surface area contributed by atoms with Crippen LogP contribution in [0.2, 0.25) is 5.02 Å². The smallest absolute Gasteiger partial charge is 0.465 e. The van der Waals surface area contributed by atoms with E-state index in [4.69, 9.17) is 16.3 Å². The minimum Gasteiger partial charge on any atom is -0.465 e. The first-order valence-electron chi connectivity index (χ1n) is 11.2. The number of pyridine rings is 1. The maximum atomic E-state index is 13.3. The third-order valence-electron chi connectivity index (χ3n) is 5.85. The molecule has 1 fully saturated rings. The van der Waals surface area contributed by atoms with Gasteiger partial charge in [0.05, 0.1) is 43.3 Å². The van der Waals surface area contributed by atoms with Crippen LogP contribution in [0.4, 0.5) is 10.5 Å². The SMILES string of the molecule is COC(=O)c1ccc(CNS(=O)(=O)C2CC[N+](C(=O)OC(C)(C)C)(c3cccc(Cl)c3)CC2)nc1. The topological polar surface area (TPSA) is 112 Å². The number of halogens is 1. The lowest BCUT2D eigenvalue weighted by atomic mass is 10.1. The maximum Gasteiger partial charge on any atom is 0.521 e. The molecule has 11 heteroatoms. The number of carbonyl (C=O) groups is 2. The van der Waals surface area contributed by atoms with Crippen LogP contribution in [0.1, 0.15) is 49.7 Å². The van der Waals surface area contributed by atoms with Crippen molar-refractivity contribution in [2.75, 3.05) is 20.2 Å². The molecule has 0 aliphatic carbocycles. The Morgan fingerprint density at radius 3 is 2.40 bits per heavy atom. The van der Waals surface area contributed by atoms with Gasteiger partial charge in [-0.25, -0.2) is 17.9 Å². The summed E-state index contributed by atoms with van der Waals surface area (Å²) in [5, 5.41) is -0.185. The molecule has 1 aliphatic heterocycles. The molecule has 1 aromatic heterocycles. The largest absolute Gasteiger partial charge is 0.521 e. The Balaban J connectivity index is 1.73. The Morgan fingerprint density at radius 1 is 1.17 bits per heavy atom. The van der Waals surface area contributed by atoms with Crippen molar-refractivity contribution in [2.45, 2.75) is 51.0 Å². The standard InChI is InChI=1S/C24H31ClN3O6S/c1-24(2,3)34-23(30)28(20-7-5-6-18(25)14-20)12-10-21(11-13-28)35(31,32)27-16-19-9-8-17(15-26-19)22(29)33-4/h5-9,14-15,21,27H,10-13,16H2,1-4H3/q+1. The van der Waals surface area contributed by atoms with Gasteiger partial charge in [0.15, 0.2) is 0 Å². The molecule has 35 heavy (non-hydrogen) atoms. The predicted octanol–water partition coefficient (Wildman–Crippen LogP) is 4.05. The van der Waals surface area contributed by atoms with Crippen molar-refractivity contribution >= 4 is 39.4 Å². The van der Waals surface area contributed by atoms with E-state index in [-0.39, 0.29) is 42.5 Å². The number of nitrogens with zero attached hydrogens (tertiary/aromatic N) is 2. The van der Waals surface area contributed by atoms with Crippen LogP contribution >= 0.6 is 11.6 Å². The van der Waals surface area contributed by atoms with Crippen molar-refractivity contribution in [3.63, 3.8) is 0 Å². The highest BCUT2D eigenvalue weighted by molar-refractivity contribution is 7.90. The molecule has 1 aliphatic rings. The van der Waals surface area contributed by atoms with Crippen LogP contribution in [-0.4, -0.2) is 56.5 Å². The van der Waals surface area contributed by atoms with Gasteiger partial charge >= 0.3 is 12.1 Å². The zero-order valence-electron chi connectivity index (χ0n) is 20.3. The highest BCUT2D eigenvalue weighted by Crippen LogP contribution is 2.34. The normalized spacial score (nSPS) is 20.8. The Morgan fingerprint density at radius 2 is 1.86 bits per heavy atom. The Kier molecular flexibility index (Phi) is 8.21. The number of esters is 1.